The maximum Gasteiger partial charge on any atom is 0.132 e. The molecule has 0 fully saturated rings. The van der Waals surface area contributed by atoms with Crippen molar-refractivity contribution in [1.29, 1.82) is 0 Å². The van der Waals surface area contributed by atoms with Crippen molar-refractivity contribution in [3.8, 4) is 44.9 Å². The standard InChI is InChI=1S/C37H28O/c1-37(2)32-16-6-7-17-34(32)38-35-24-29(22-23-33(35)37)25-18-20-27(21-19-25)31-15-9-13-28-12-8-14-30(36(28)31)26-10-4-3-5-11-26/h3-24H,1-2H3. The second-order valence-corrected chi connectivity index (χ2v) is 10.6. The maximum absolute atomic E-state index is 6.37. The van der Waals surface area contributed by atoms with Crippen molar-refractivity contribution in [2.75, 3.05) is 0 Å². The summed E-state index contributed by atoms with van der Waals surface area (Å²) in [4.78, 5) is 0. The van der Waals surface area contributed by atoms with Crippen LogP contribution >= 0.6 is 0 Å². The molecule has 38 heavy (non-hydrogen) atoms. The lowest BCUT2D eigenvalue weighted by Crippen LogP contribution is -2.24. The molecular weight excluding hydrogens is 460 g/mol. The topological polar surface area (TPSA) is 9.23 Å². The van der Waals surface area contributed by atoms with E-state index in [9.17, 15) is 0 Å². The number of hydrogen-bond donors (Lipinski definition) is 0. The minimum absolute atomic E-state index is 0.0998. The van der Waals surface area contributed by atoms with Crippen LogP contribution in [-0.4, -0.2) is 0 Å². The number of rotatable bonds is 3. The fourth-order valence-corrected chi connectivity index (χ4v) is 5.92. The average molecular weight is 489 g/mol. The van der Waals surface area contributed by atoms with Crippen molar-refractivity contribution in [2.45, 2.75) is 19.3 Å². The Kier molecular flexibility index (Phi) is 5.19. The molecule has 0 bridgehead atoms. The predicted octanol–water partition coefficient (Wildman–Crippen LogP) is 10.3. The first-order chi connectivity index (χ1) is 18.6. The van der Waals surface area contributed by atoms with Crippen molar-refractivity contribution in [2.24, 2.45) is 0 Å². The van der Waals surface area contributed by atoms with Crippen molar-refractivity contribution in [3.05, 3.63) is 145 Å². The molecule has 0 atom stereocenters. The smallest absolute Gasteiger partial charge is 0.132 e. The lowest BCUT2D eigenvalue weighted by atomic mass is 9.75. The highest BCUT2D eigenvalue weighted by molar-refractivity contribution is 6.06. The molecule has 0 aromatic heterocycles. The Bertz CT molecular complexity index is 1790. The van der Waals surface area contributed by atoms with Gasteiger partial charge in [0.15, 0.2) is 0 Å². The van der Waals surface area contributed by atoms with Crippen LogP contribution in [0, 0.1) is 0 Å². The summed E-state index contributed by atoms with van der Waals surface area (Å²) in [6, 6.07) is 47.7. The van der Waals surface area contributed by atoms with Crippen LogP contribution in [0.1, 0.15) is 25.0 Å². The van der Waals surface area contributed by atoms with Crippen LogP contribution in [0.5, 0.6) is 11.5 Å². The van der Waals surface area contributed by atoms with Gasteiger partial charge in [-0.3, -0.25) is 0 Å². The van der Waals surface area contributed by atoms with Crippen LogP contribution in [0.25, 0.3) is 44.2 Å². The zero-order valence-electron chi connectivity index (χ0n) is 21.6. The zero-order chi connectivity index (χ0) is 25.7. The Morgan fingerprint density at radius 1 is 0.447 bits per heavy atom. The number of ether oxygens (including phenoxy) is 1. The lowest BCUT2D eigenvalue weighted by Gasteiger charge is -2.34. The Hall–Kier alpha value is -4.62. The van der Waals surface area contributed by atoms with Crippen LogP contribution < -0.4 is 4.74 Å². The molecule has 6 aromatic rings. The summed E-state index contributed by atoms with van der Waals surface area (Å²) in [7, 11) is 0. The molecule has 0 aliphatic carbocycles. The Balaban J connectivity index is 1.28. The Morgan fingerprint density at radius 2 is 1.03 bits per heavy atom. The highest BCUT2D eigenvalue weighted by atomic mass is 16.5. The molecule has 1 aliphatic heterocycles. The van der Waals surface area contributed by atoms with Gasteiger partial charge in [-0.2, -0.15) is 0 Å². The van der Waals surface area contributed by atoms with Crippen LogP contribution in [0.4, 0.5) is 0 Å². The fourth-order valence-electron chi connectivity index (χ4n) is 5.92. The maximum atomic E-state index is 6.37. The van der Waals surface area contributed by atoms with Crippen LogP contribution in [0.15, 0.2) is 133 Å². The third kappa shape index (κ3) is 3.63. The van der Waals surface area contributed by atoms with Gasteiger partial charge in [0.25, 0.3) is 0 Å². The molecule has 1 aliphatic rings. The quantitative estimate of drug-likeness (QED) is 0.241. The van der Waals surface area contributed by atoms with Gasteiger partial charge < -0.3 is 4.74 Å². The molecule has 0 unspecified atom stereocenters. The number of benzene rings is 6. The molecule has 6 aromatic carbocycles. The monoisotopic (exact) mass is 488 g/mol. The van der Waals surface area contributed by atoms with Gasteiger partial charge in [-0.05, 0) is 56.3 Å². The molecule has 0 saturated carbocycles. The van der Waals surface area contributed by atoms with E-state index in [1.807, 2.05) is 6.07 Å². The summed E-state index contributed by atoms with van der Waals surface area (Å²) in [6.45, 7) is 4.55. The molecule has 1 heterocycles. The first-order valence-electron chi connectivity index (χ1n) is 13.2. The van der Waals surface area contributed by atoms with Crippen LogP contribution in [-0.2, 0) is 5.41 Å². The zero-order valence-corrected chi connectivity index (χ0v) is 21.6. The Labute approximate surface area is 224 Å². The average Bonchev–Trinajstić information content (AvgIpc) is 2.97. The number of hydrogen-bond acceptors (Lipinski definition) is 1. The molecule has 182 valence electrons. The van der Waals surface area contributed by atoms with E-state index in [0.29, 0.717) is 0 Å². The van der Waals surface area contributed by atoms with E-state index in [-0.39, 0.29) is 5.41 Å². The van der Waals surface area contributed by atoms with E-state index in [2.05, 4.69) is 141 Å². The van der Waals surface area contributed by atoms with E-state index in [1.54, 1.807) is 0 Å². The summed E-state index contributed by atoms with van der Waals surface area (Å²) >= 11 is 0. The third-order valence-corrected chi connectivity index (χ3v) is 7.95. The minimum Gasteiger partial charge on any atom is -0.457 e. The van der Waals surface area contributed by atoms with Gasteiger partial charge in [-0.25, -0.2) is 0 Å². The normalized spacial score (nSPS) is 13.4. The SMILES string of the molecule is CC1(C)c2ccccc2Oc2cc(-c3ccc(-c4cccc5cccc(-c6ccccc6)c45)cc3)ccc21. The Morgan fingerprint density at radius 3 is 1.76 bits per heavy atom. The molecule has 0 N–H and O–H groups in total. The predicted molar refractivity (Wildman–Crippen MR) is 159 cm³/mol. The molecular formula is C37H28O. The molecule has 0 spiro atoms. The third-order valence-electron chi connectivity index (χ3n) is 7.95. The van der Waals surface area contributed by atoms with Crippen molar-refractivity contribution < 1.29 is 4.74 Å². The van der Waals surface area contributed by atoms with Gasteiger partial charge in [0.2, 0.25) is 0 Å². The van der Waals surface area contributed by atoms with Gasteiger partial charge in [0.1, 0.15) is 11.5 Å². The molecule has 1 heteroatoms. The molecule has 0 radical (unpaired) electrons. The highest BCUT2D eigenvalue weighted by Gasteiger charge is 2.33. The summed E-state index contributed by atoms with van der Waals surface area (Å²) in [5.41, 5.74) is 9.66. The van der Waals surface area contributed by atoms with E-state index in [4.69, 9.17) is 4.74 Å². The van der Waals surface area contributed by atoms with Gasteiger partial charge in [0, 0.05) is 16.5 Å². The molecule has 0 amide bonds. The van der Waals surface area contributed by atoms with Gasteiger partial charge in [-0.15, -0.1) is 0 Å². The number of fused-ring (bicyclic) bond motifs is 3. The summed E-state index contributed by atoms with van der Waals surface area (Å²) in [6.07, 6.45) is 0. The summed E-state index contributed by atoms with van der Waals surface area (Å²) in [5, 5.41) is 2.54. The second-order valence-electron chi connectivity index (χ2n) is 10.6. The van der Waals surface area contributed by atoms with Gasteiger partial charge in [-0.1, -0.05) is 135 Å². The van der Waals surface area contributed by atoms with Crippen LogP contribution in [0.2, 0.25) is 0 Å². The molecule has 1 nitrogen and oxygen atoms in total. The first-order valence-corrected chi connectivity index (χ1v) is 13.2. The van der Waals surface area contributed by atoms with E-state index in [1.165, 1.54) is 49.7 Å². The van der Waals surface area contributed by atoms with E-state index >= 15 is 0 Å². The number of para-hydroxylation sites is 1. The fraction of sp³-hybridized carbons (Fsp3) is 0.0811. The lowest BCUT2D eigenvalue weighted by molar-refractivity contribution is 0.418. The van der Waals surface area contributed by atoms with Crippen molar-refractivity contribution >= 4 is 10.8 Å². The van der Waals surface area contributed by atoms with Crippen molar-refractivity contribution in [3.63, 3.8) is 0 Å². The van der Waals surface area contributed by atoms with Crippen LogP contribution in [0.3, 0.4) is 0 Å². The highest BCUT2D eigenvalue weighted by Crippen LogP contribution is 2.48. The van der Waals surface area contributed by atoms with Crippen molar-refractivity contribution in [1.82, 2.24) is 0 Å². The van der Waals surface area contributed by atoms with E-state index in [0.717, 1.165) is 17.1 Å². The van der Waals surface area contributed by atoms with Gasteiger partial charge >= 0.3 is 0 Å². The minimum atomic E-state index is -0.0998. The van der Waals surface area contributed by atoms with Gasteiger partial charge in [0.05, 0.1) is 0 Å². The first kappa shape index (κ1) is 22.6. The largest absolute Gasteiger partial charge is 0.457 e. The van der Waals surface area contributed by atoms with E-state index < -0.39 is 0 Å². The second kappa shape index (κ2) is 8.75. The summed E-state index contributed by atoms with van der Waals surface area (Å²) < 4.78 is 6.37. The molecule has 7 rings (SSSR count). The summed E-state index contributed by atoms with van der Waals surface area (Å²) in [5.74, 6) is 1.89. The molecule has 0 saturated heterocycles.